The molecule has 0 saturated heterocycles. The van der Waals surface area contributed by atoms with Crippen molar-refractivity contribution < 1.29 is 21.7 Å². The van der Waals surface area contributed by atoms with Crippen molar-refractivity contribution in [2.75, 3.05) is 12.0 Å². The molecule has 5 nitrogen and oxygen atoms in total. The van der Waals surface area contributed by atoms with Gasteiger partial charge in [0.05, 0.1) is 5.56 Å². The molecule has 0 spiro atoms. The average molecular weight is 274 g/mol. The summed E-state index contributed by atoms with van der Waals surface area (Å²) in [6.07, 6.45) is 0.821. The maximum atomic E-state index is 14.0. The lowest BCUT2D eigenvalue weighted by Gasteiger charge is -2.05. The minimum Gasteiger partial charge on any atom is -0.381 e. The van der Waals surface area contributed by atoms with Crippen molar-refractivity contribution in [3.63, 3.8) is 0 Å². The van der Waals surface area contributed by atoms with E-state index in [0.717, 1.165) is 24.5 Å². The molecule has 0 aliphatic heterocycles. The number of halogens is 2. The van der Waals surface area contributed by atoms with Gasteiger partial charge in [0.1, 0.15) is 10.7 Å². The number of nitrogen functional groups attached to an aromatic ring is 1. The number of nitrogens with zero attached hydrogens (tertiary/aromatic N) is 1. The predicted octanol–water partition coefficient (Wildman–Crippen LogP) is 1.61. The van der Waals surface area contributed by atoms with Crippen LogP contribution in [0.15, 0.2) is 27.6 Å². The summed E-state index contributed by atoms with van der Waals surface area (Å²) in [5, 5.41) is 3.29. The second-order valence-electron chi connectivity index (χ2n) is 3.62. The zero-order valence-corrected chi connectivity index (χ0v) is 9.96. The topological polar surface area (TPSA) is 86.2 Å². The Bertz CT molecular complexity index is 710. The standard InChI is InChI=1S/C10H8F2N2O3S/c1-18(15,16)7-3-2-5(11)9(10(7)12)6-4-8(13)14-17-6/h2-4H,1H3,(H2,13,14). The molecular formula is C10H8F2N2O3S. The van der Waals surface area contributed by atoms with E-state index in [1.807, 2.05) is 0 Å². The number of sulfone groups is 1. The molecule has 0 amide bonds. The Labute approximate surface area is 101 Å². The molecule has 96 valence electrons. The number of hydrogen-bond donors (Lipinski definition) is 1. The SMILES string of the molecule is CS(=O)(=O)c1ccc(F)c(-c2cc(N)no2)c1F. The number of aromatic nitrogens is 1. The van der Waals surface area contributed by atoms with Crippen molar-refractivity contribution >= 4 is 15.7 Å². The van der Waals surface area contributed by atoms with E-state index in [1.165, 1.54) is 0 Å². The van der Waals surface area contributed by atoms with Crippen molar-refractivity contribution in [3.8, 4) is 11.3 Å². The number of hydrogen-bond acceptors (Lipinski definition) is 5. The molecule has 18 heavy (non-hydrogen) atoms. The number of benzene rings is 1. The van der Waals surface area contributed by atoms with Crippen LogP contribution in [0.5, 0.6) is 0 Å². The van der Waals surface area contributed by atoms with Gasteiger partial charge >= 0.3 is 0 Å². The fraction of sp³-hybridized carbons (Fsp3) is 0.100. The molecule has 1 heterocycles. The molecule has 1 aromatic carbocycles. The molecule has 0 radical (unpaired) electrons. The second kappa shape index (κ2) is 4.05. The lowest BCUT2D eigenvalue weighted by molar-refractivity contribution is 0.429. The Morgan fingerprint density at radius 2 is 2.00 bits per heavy atom. The molecule has 2 rings (SSSR count). The molecule has 0 unspecified atom stereocenters. The zero-order valence-electron chi connectivity index (χ0n) is 9.15. The molecule has 0 atom stereocenters. The van der Waals surface area contributed by atoms with Crippen LogP contribution in [-0.2, 0) is 9.84 Å². The van der Waals surface area contributed by atoms with Crippen LogP contribution >= 0.6 is 0 Å². The van der Waals surface area contributed by atoms with Gasteiger partial charge in [0.15, 0.2) is 27.2 Å². The van der Waals surface area contributed by atoms with Crippen LogP contribution in [0.4, 0.5) is 14.6 Å². The third-order valence-electron chi connectivity index (χ3n) is 2.23. The van der Waals surface area contributed by atoms with E-state index < -0.39 is 31.9 Å². The maximum absolute atomic E-state index is 14.0. The summed E-state index contributed by atoms with van der Waals surface area (Å²) in [5.74, 6) is -2.52. The summed E-state index contributed by atoms with van der Waals surface area (Å²) in [6, 6.07) is 2.80. The van der Waals surface area contributed by atoms with E-state index >= 15 is 0 Å². The summed E-state index contributed by atoms with van der Waals surface area (Å²) in [5.41, 5.74) is 4.66. The predicted molar refractivity (Wildman–Crippen MR) is 59.4 cm³/mol. The molecular weight excluding hydrogens is 266 g/mol. The highest BCUT2D eigenvalue weighted by molar-refractivity contribution is 7.90. The first kappa shape index (κ1) is 12.5. The Kier molecular flexibility index (Phi) is 2.81. The van der Waals surface area contributed by atoms with Crippen LogP contribution in [0.3, 0.4) is 0 Å². The molecule has 0 aliphatic carbocycles. The largest absolute Gasteiger partial charge is 0.381 e. The van der Waals surface area contributed by atoms with Crippen LogP contribution in [0.1, 0.15) is 0 Å². The van der Waals surface area contributed by atoms with Crippen LogP contribution in [-0.4, -0.2) is 19.8 Å². The van der Waals surface area contributed by atoms with Gasteiger partial charge in [-0.2, -0.15) is 0 Å². The number of nitrogens with two attached hydrogens (primary N) is 1. The number of anilines is 1. The minimum atomic E-state index is -3.81. The maximum Gasteiger partial charge on any atom is 0.178 e. The summed E-state index contributed by atoms with van der Waals surface area (Å²) in [6.45, 7) is 0. The fourth-order valence-electron chi connectivity index (χ4n) is 1.45. The van der Waals surface area contributed by atoms with E-state index in [9.17, 15) is 17.2 Å². The molecule has 2 aromatic rings. The van der Waals surface area contributed by atoms with Gasteiger partial charge in [-0.1, -0.05) is 5.16 Å². The average Bonchev–Trinajstić information content (AvgIpc) is 2.62. The monoisotopic (exact) mass is 274 g/mol. The van der Waals surface area contributed by atoms with Crippen molar-refractivity contribution in [1.29, 1.82) is 0 Å². The Morgan fingerprint density at radius 1 is 1.33 bits per heavy atom. The zero-order chi connectivity index (χ0) is 13.5. The summed E-state index contributed by atoms with van der Waals surface area (Å²) >= 11 is 0. The van der Waals surface area contributed by atoms with E-state index in [0.29, 0.717) is 0 Å². The Balaban J connectivity index is 2.75. The summed E-state index contributed by atoms with van der Waals surface area (Å²) in [7, 11) is -3.81. The van der Waals surface area contributed by atoms with Crippen molar-refractivity contribution in [3.05, 3.63) is 29.8 Å². The first-order valence-electron chi connectivity index (χ1n) is 4.71. The third kappa shape index (κ3) is 2.06. The summed E-state index contributed by atoms with van der Waals surface area (Å²) in [4.78, 5) is -0.617. The van der Waals surface area contributed by atoms with Gasteiger partial charge in [-0.15, -0.1) is 0 Å². The van der Waals surface area contributed by atoms with Gasteiger partial charge in [-0.05, 0) is 12.1 Å². The minimum absolute atomic E-state index is 0.0615. The quantitative estimate of drug-likeness (QED) is 0.841. The molecule has 0 bridgehead atoms. The smallest absolute Gasteiger partial charge is 0.178 e. The van der Waals surface area contributed by atoms with E-state index in [4.69, 9.17) is 5.73 Å². The Hall–Kier alpha value is -1.96. The van der Waals surface area contributed by atoms with E-state index in [-0.39, 0.29) is 11.6 Å². The van der Waals surface area contributed by atoms with Crippen LogP contribution in [0.25, 0.3) is 11.3 Å². The van der Waals surface area contributed by atoms with Crippen molar-refractivity contribution in [1.82, 2.24) is 5.16 Å². The Morgan fingerprint density at radius 3 is 2.50 bits per heavy atom. The lowest BCUT2D eigenvalue weighted by atomic mass is 10.1. The van der Waals surface area contributed by atoms with Gasteiger partial charge in [0, 0.05) is 12.3 Å². The highest BCUT2D eigenvalue weighted by atomic mass is 32.2. The molecule has 0 saturated carbocycles. The van der Waals surface area contributed by atoms with Crippen molar-refractivity contribution in [2.24, 2.45) is 0 Å². The van der Waals surface area contributed by atoms with E-state index in [1.54, 1.807) is 0 Å². The fourth-order valence-corrected chi connectivity index (χ4v) is 2.20. The van der Waals surface area contributed by atoms with Gasteiger partial charge in [0.25, 0.3) is 0 Å². The summed E-state index contributed by atoms with van der Waals surface area (Å²) < 4.78 is 54.8. The van der Waals surface area contributed by atoms with Crippen LogP contribution < -0.4 is 5.73 Å². The lowest BCUT2D eigenvalue weighted by Crippen LogP contribution is -2.03. The van der Waals surface area contributed by atoms with Crippen LogP contribution in [0, 0.1) is 11.6 Å². The highest BCUT2D eigenvalue weighted by Crippen LogP contribution is 2.30. The first-order valence-corrected chi connectivity index (χ1v) is 6.60. The second-order valence-corrected chi connectivity index (χ2v) is 5.61. The molecule has 1 aromatic heterocycles. The van der Waals surface area contributed by atoms with Gasteiger partial charge in [-0.3, -0.25) is 0 Å². The van der Waals surface area contributed by atoms with Crippen molar-refractivity contribution in [2.45, 2.75) is 4.90 Å². The molecule has 2 N–H and O–H groups in total. The van der Waals surface area contributed by atoms with Gasteiger partial charge in [0.2, 0.25) is 0 Å². The number of rotatable bonds is 2. The van der Waals surface area contributed by atoms with E-state index in [2.05, 4.69) is 9.68 Å². The van der Waals surface area contributed by atoms with Gasteiger partial charge < -0.3 is 10.3 Å². The van der Waals surface area contributed by atoms with Gasteiger partial charge in [-0.25, -0.2) is 17.2 Å². The molecule has 0 fully saturated rings. The normalized spacial score (nSPS) is 11.7. The van der Waals surface area contributed by atoms with Crippen LogP contribution in [0.2, 0.25) is 0 Å². The molecule has 8 heteroatoms. The highest BCUT2D eigenvalue weighted by Gasteiger charge is 2.23. The first-order chi connectivity index (χ1) is 8.30. The molecule has 0 aliphatic rings. The third-order valence-corrected chi connectivity index (χ3v) is 3.34.